The maximum Gasteiger partial charge on any atom is 0.267 e. The van der Waals surface area contributed by atoms with Crippen LogP contribution in [0.4, 0.5) is 0 Å². The number of carbonyl (C=O) groups excluding carboxylic acids is 1. The molecule has 0 saturated heterocycles. The lowest BCUT2D eigenvalue weighted by Crippen LogP contribution is -2.34. The first kappa shape index (κ1) is 17.2. The summed E-state index contributed by atoms with van der Waals surface area (Å²) in [4.78, 5) is 24.4. The molecule has 0 atom stereocenters. The van der Waals surface area contributed by atoms with Crippen molar-refractivity contribution in [1.29, 1.82) is 0 Å². The van der Waals surface area contributed by atoms with Gasteiger partial charge in [-0.2, -0.15) is 5.10 Å². The van der Waals surface area contributed by atoms with Gasteiger partial charge in [-0.3, -0.25) is 9.59 Å². The summed E-state index contributed by atoms with van der Waals surface area (Å²) >= 11 is 0. The molecule has 0 aliphatic heterocycles. The third-order valence-corrected chi connectivity index (χ3v) is 4.47. The van der Waals surface area contributed by atoms with Gasteiger partial charge in [0.25, 0.3) is 5.56 Å². The molecule has 6 heteroatoms. The predicted molar refractivity (Wildman–Crippen MR) is 94.6 cm³/mol. The number of fused-ring (bicyclic) bond motifs is 1. The Morgan fingerprint density at radius 2 is 1.96 bits per heavy atom. The Bertz CT molecular complexity index is 797. The number of carbonyl (C=O) groups is 1. The zero-order valence-corrected chi connectivity index (χ0v) is 14.5. The molecule has 2 aromatic rings. The molecule has 3 rings (SSSR count). The molecule has 1 aromatic carbocycles. The summed E-state index contributed by atoms with van der Waals surface area (Å²) in [5, 5.41) is 7.24. The van der Waals surface area contributed by atoms with Crippen molar-refractivity contribution in [2.45, 2.75) is 45.2 Å². The molecule has 132 valence electrons. The van der Waals surface area contributed by atoms with Crippen LogP contribution in [-0.2, 0) is 30.7 Å². The van der Waals surface area contributed by atoms with Crippen molar-refractivity contribution in [2.24, 2.45) is 0 Å². The van der Waals surface area contributed by atoms with Gasteiger partial charge < -0.3 is 10.1 Å². The van der Waals surface area contributed by atoms with Gasteiger partial charge in [0.05, 0.1) is 12.8 Å². The molecule has 1 aliphatic rings. The van der Waals surface area contributed by atoms with Crippen LogP contribution in [0.15, 0.2) is 35.1 Å². The van der Waals surface area contributed by atoms with Gasteiger partial charge >= 0.3 is 0 Å². The molecule has 25 heavy (non-hydrogen) atoms. The SMILES string of the molecule is COc1ccc(CNC(=O)Cn2nc3c(cc2=O)CCCCC3)cc1. The molecule has 1 aromatic heterocycles. The third-order valence-electron chi connectivity index (χ3n) is 4.47. The Hall–Kier alpha value is -2.63. The summed E-state index contributed by atoms with van der Waals surface area (Å²) in [7, 11) is 1.61. The second kappa shape index (κ2) is 7.96. The summed E-state index contributed by atoms with van der Waals surface area (Å²) < 4.78 is 6.38. The number of ether oxygens (including phenoxy) is 1. The summed E-state index contributed by atoms with van der Waals surface area (Å²) in [5.41, 5.74) is 2.76. The van der Waals surface area contributed by atoms with Gasteiger partial charge in [-0.05, 0) is 48.9 Å². The van der Waals surface area contributed by atoms with E-state index in [2.05, 4.69) is 10.4 Å². The molecule has 0 fully saturated rings. The van der Waals surface area contributed by atoms with Crippen LogP contribution in [-0.4, -0.2) is 22.8 Å². The molecule has 6 nitrogen and oxygen atoms in total. The number of aryl methyl sites for hydroxylation is 2. The minimum absolute atomic E-state index is 0.0533. The quantitative estimate of drug-likeness (QED) is 0.842. The van der Waals surface area contributed by atoms with Crippen molar-refractivity contribution in [3.05, 3.63) is 57.5 Å². The summed E-state index contributed by atoms with van der Waals surface area (Å²) in [6.07, 6.45) is 5.13. The third kappa shape index (κ3) is 4.47. The first-order valence-electron chi connectivity index (χ1n) is 8.65. The molecule has 1 aliphatic carbocycles. The highest BCUT2D eigenvalue weighted by atomic mass is 16.5. The van der Waals surface area contributed by atoms with Crippen molar-refractivity contribution in [2.75, 3.05) is 7.11 Å². The monoisotopic (exact) mass is 341 g/mol. The second-order valence-corrected chi connectivity index (χ2v) is 6.30. The smallest absolute Gasteiger partial charge is 0.267 e. The molecule has 1 N–H and O–H groups in total. The number of hydrogen-bond acceptors (Lipinski definition) is 4. The Labute approximate surface area is 146 Å². The molecule has 0 saturated carbocycles. The van der Waals surface area contributed by atoms with Crippen molar-refractivity contribution in [3.8, 4) is 5.75 Å². The van der Waals surface area contributed by atoms with Crippen LogP contribution in [0.3, 0.4) is 0 Å². The number of nitrogens with zero attached hydrogens (tertiary/aromatic N) is 2. The summed E-state index contributed by atoms with van der Waals surface area (Å²) in [6, 6.07) is 9.13. The Morgan fingerprint density at radius 3 is 2.72 bits per heavy atom. The largest absolute Gasteiger partial charge is 0.497 e. The average molecular weight is 341 g/mol. The number of amides is 1. The first-order valence-corrected chi connectivity index (χ1v) is 8.65. The van der Waals surface area contributed by atoms with Gasteiger partial charge in [-0.25, -0.2) is 4.68 Å². The van der Waals surface area contributed by atoms with Crippen molar-refractivity contribution in [1.82, 2.24) is 15.1 Å². The van der Waals surface area contributed by atoms with E-state index >= 15 is 0 Å². The van der Waals surface area contributed by atoms with E-state index < -0.39 is 0 Å². The van der Waals surface area contributed by atoms with E-state index in [9.17, 15) is 9.59 Å². The van der Waals surface area contributed by atoms with Crippen LogP contribution in [0.5, 0.6) is 5.75 Å². The van der Waals surface area contributed by atoms with Crippen LogP contribution in [0.1, 0.15) is 36.1 Å². The van der Waals surface area contributed by atoms with E-state index in [1.54, 1.807) is 13.2 Å². The summed E-state index contributed by atoms with van der Waals surface area (Å²) in [5.74, 6) is 0.551. The van der Waals surface area contributed by atoms with E-state index in [-0.39, 0.29) is 18.0 Å². The van der Waals surface area contributed by atoms with Crippen LogP contribution in [0.25, 0.3) is 0 Å². The number of aromatic nitrogens is 2. The minimum atomic E-state index is -0.223. The highest BCUT2D eigenvalue weighted by Gasteiger charge is 2.13. The lowest BCUT2D eigenvalue weighted by atomic mass is 10.1. The number of benzene rings is 1. The highest BCUT2D eigenvalue weighted by molar-refractivity contribution is 5.75. The number of nitrogens with one attached hydrogen (secondary N) is 1. The van der Waals surface area contributed by atoms with Gasteiger partial charge in [-0.1, -0.05) is 18.6 Å². The molecule has 0 spiro atoms. The fourth-order valence-electron chi connectivity index (χ4n) is 3.03. The Kier molecular flexibility index (Phi) is 5.48. The van der Waals surface area contributed by atoms with Gasteiger partial charge in [0.2, 0.25) is 5.91 Å². The highest BCUT2D eigenvalue weighted by Crippen LogP contribution is 2.16. The Balaban J connectivity index is 1.62. The summed E-state index contributed by atoms with van der Waals surface area (Å²) in [6.45, 7) is 0.352. The van der Waals surface area contributed by atoms with E-state index in [1.807, 2.05) is 24.3 Å². The van der Waals surface area contributed by atoms with Gasteiger partial charge in [0.1, 0.15) is 12.3 Å². The lowest BCUT2D eigenvalue weighted by Gasteiger charge is -2.10. The first-order chi connectivity index (χ1) is 12.2. The number of hydrogen-bond donors (Lipinski definition) is 1. The van der Waals surface area contributed by atoms with Crippen LogP contribution < -0.4 is 15.6 Å². The zero-order chi connectivity index (χ0) is 17.6. The predicted octanol–water partition coefficient (Wildman–Crippen LogP) is 1.84. The Morgan fingerprint density at radius 1 is 1.20 bits per heavy atom. The molecule has 1 amide bonds. The maximum absolute atomic E-state index is 12.2. The van der Waals surface area contributed by atoms with Gasteiger partial charge in [0, 0.05) is 12.6 Å². The normalized spacial score (nSPS) is 13.6. The maximum atomic E-state index is 12.2. The second-order valence-electron chi connectivity index (χ2n) is 6.30. The molecule has 0 radical (unpaired) electrons. The number of rotatable bonds is 5. The van der Waals surface area contributed by atoms with E-state index in [0.717, 1.165) is 54.7 Å². The van der Waals surface area contributed by atoms with Crippen LogP contribution >= 0.6 is 0 Å². The average Bonchev–Trinajstić information content (AvgIpc) is 2.85. The molecule has 0 unspecified atom stereocenters. The van der Waals surface area contributed by atoms with Crippen LogP contribution in [0.2, 0.25) is 0 Å². The van der Waals surface area contributed by atoms with E-state index in [0.29, 0.717) is 6.54 Å². The standard InChI is InChI=1S/C19H23N3O3/c1-25-16-9-7-14(8-10-16)12-20-18(23)13-22-19(24)11-15-5-3-2-4-6-17(15)21-22/h7-11H,2-6,12-13H2,1H3,(H,20,23). The molecular formula is C19H23N3O3. The minimum Gasteiger partial charge on any atom is -0.497 e. The number of methoxy groups -OCH3 is 1. The van der Waals surface area contributed by atoms with Crippen molar-refractivity contribution < 1.29 is 9.53 Å². The topological polar surface area (TPSA) is 73.2 Å². The van der Waals surface area contributed by atoms with Gasteiger partial charge in [-0.15, -0.1) is 0 Å². The van der Waals surface area contributed by atoms with Gasteiger partial charge in [0.15, 0.2) is 0 Å². The lowest BCUT2D eigenvalue weighted by molar-refractivity contribution is -0.122. The van der Waals surface area contributed by atoms with E-state index in [4.69, 9.17) is 4.74 Å². The molecule has 1 heterocycles. The fraction of sp³-hybridized carbons (Fsp3) is 0.421. The molecule has 0 bridgehead atoms. The van der Waals surface area contributed by atoms with E-state index in [1.165, 1.54) is 4.68 Å². The van der Waals surface area contributed by atoms with Crippen molar-refractivity contribution in [3.63, 3.8) is 0 Å². The van der Waals surface area contributed by atoms with Crippen LogP contribution in [0, 0.1) is 0 Å². The fourth-order valence-corrected chi connectivity index (χ4v) is 3.03. The molecular weight excluding hydrogens is 318 g/mol. The van der Waals surface area contributed by atoms with Crippen molar-refractivity contribution >= 4 is 5.91 Å². The zero-order valence-electron chi connectivity index (χ0n) is 14.5.